The molecule has 0 atom stereocenters. The Morgan fingerprint density at radius 2 is 1.83 bits per heavy atom. The average Bonchev–Trinajstić information content (AvgIpc) is 2.34. The molecule has 0 amide bonds. The predicted molar refractivity (Wildman–Crippen MR) is 77.0 cm³/mol. The summed E-state index contributed by atoms with van der Waals surface area (Å²) in [7, 11) is 0. The van der Waals surface area contributed by atoms with E-state index in [9.17, 15) is 4.39 Å². The molecular formula is C13H10ClFN2S. The van der Waals surface area contributed by atoms with Gasteiger partial charge in [-0.25, -0.2) is 4.39 Å². The summed E-state index contributed by atoms with van der Waals surface area (Å²) in [6, 6.07) is 11.2. The van der Waals surface area contributed by atoms with Crippen molar-refractivity contribution in [1.29, 1.82) is 0 Å². The van der Waals surface area contributed by atoms with E-state index in [0.717, 1.165) is 11.4 Å². The van der Waals surface area contributed by atoms with Gasteiger partial charge in [0.2, 0.25) is 0 Å². The molecule has 0 aliphatic heterocycles. The lowest BCUT2D eigenvalue weighted by Crippen LogP contribution is -2.11. The number of halogens is 2. The third-order valence-corrected chi connectivity index (χ3v) is 2.83. The van der Waals surface area contributed by atoms with Crippen LogP contribution in [0.3, 0.4) is 0 Å². The average molecular weight is 281 g/mol. The zero-order chi connectivity index (χ0) is 13.1. The molecule has 0 bridgehead atoms. The van der Waals surface area contributed by atoms with Crippen molar-refractivity contribution in [2.75, 3.05) is 5.32 Å². The molecule has 2 aromatic carbocycles. The lowest BCUT2D eigenvalue weighted by atomic mass is 10.1. The molecule has 0 unspecified atom stereocenters. The smallest absolute Gasteiger partial charge is 0.123 e. The fourth-order valence-corrected chi connectivity index (χ4v) is 1.86. The number of nitrogens with two attached hydrogens (primary N) is 1. The molecular weight excluding hydrogens is 271 g/mol. The standard InChI is InChI=1S/C13H10ClFN2S/c14-8-1-6-12(11(7-8)13(16)18)17-10-4-2-9(15)3-5-10/h1-7,17H,(H2,16,18). The molecule has 0 aliphatic carbocycles. The number of thiocarbonyl (C=S) groups is 1. The van der Waals surface area contributed by atoms with Crippen molar-refractivity contribution in [3.8, 4) is 0 Å². The van der Waals surface area contributed by atoms with Crippen molar-refractivity contribution in [2.45, 2.75) is 0 Å². The molecule has 2 rings (SSSR count). The molecule has 0 fully saturated rings. The normalized spacial score (nSPS) is 10.1. The van der Waals surface area contributed by atoms with E-state index in [-0.39, 0.29) is 10.8 Å². The first-order valence-corrected chi connectivity index (χ1v) is 5.97. The Bertz CT molecular complexity index is 584. The van der Waals surface area contributed by atoms with Crippen LogP contribution in [0.25, 0.3) is 0 Å². The first-order valence-electron chi connectivity index (χ1n) is 5.18. The summed E-state index contributed by atoms with van der Waals surface area (Å²) in [5, 5.41) is 3.67. The van der Waals surface area contributed by atoms with Gasteiger partial charge in [0.1, 0.15) is 10.8 Å². The second-order valence-corrected chi connectivity index (χ2v) is 4.56. The van der Waals surface area contributed by atoms with E-state index in [1.54, 1.807) is 30.3 Å². The van der Waals surface area contributed by atoms with Crippen LogP contribution in [0, 0.1) is 5.82 Å². The minimum atomic E-state index is -0.286. The largest absolute Gasteiger partial charge is 0.389 e. The van der Waals surface area contributed by atoms with E-state index in [4.69, 9.17) is 29.6 Å². The van der Waals surface area contributed by atoms with Crippen LogP contribution >= 0.6 is 23.8 Å². The highest BCUT2D eigenvalue weighted by Crippen LogP contribution is 2.24. The molecule has 0 spiro atoms. The van der Waals surface area contributed by atoms with E-state index < -0.39 is 0 Å². The first-order chi connectivity index (χ1) is 8.56. The fourth-order valence-electron chi connectivity index (χ4n) is 1.52. The molecule has 0 aromatic heterocycles. The van der Waals surface area contributed by atoms with Gasteiger partial charge in [-0.15, -0.1) is 0 Å². The quantitative estimate of drug-likeness (QED) is 0.839. The lowest BCUT2D eigenvalue weighted by Gasteiger charge is -2.11. The molecule has 0 heterocycles. The monoisotopic (exact) mass is 280 g/mol. The summed E-state index contributed by atoms with van der Waals surface area (Å²) in [4.78, 5) is 0.252. The van der Waals surface area contributed by atoms with E-state index in [1.807, 2.05) is 0 Å². The van der Waals surface area contributed by atoms with Crippen molar-refractivity contribution in [3.63, 3.8) is 0 Å². The number of benzene rings is 2. The molecule has 0 saturated heterocycles. The van der Waals surface area contributed by atoms with Crippen molar-refractivity contribution in [2.24, 2.45) is 5.73 Å². The van der Waals surface area contributed by atoms with Crippen molar-refractivity contribution < 1.29 is 4.39 Å². The Morgan fingerprint density at radius 3 is 2.44 bits per heavy atom. The molecule has 0 aliphatic rings. The summed E-state index contributed by atoms with van der Waals surface area (Å²) in [5.74, 6) is -0.286. The Balaban J connectivity index is 2.34. The van der Waals surface area contributed by atoms with Crippen LogP contribution in [-0.4, -0.2) is 4.99 Å². The zero-order valence-corrected chi connectivity index (χ0v) is 10.9. The number of hydrogen-bond donors (Lipinski definition) is 2. The number of anilines is 2. The summed E-state index contributed by atoms with van der Waals surface area (Å²) >= 11 is 10.9. The van der Waals surface area contributed by atoms with Gasteiger partial charge < -0.3 is 11.1 Å². The van der Waals surface area contributed by atoms with Crippen LogP contribution < -0.4 is 11.1 Å². The highest BCUT2D eigenvalue weighted by Gasteiger charge is 2.06. The molecule has 0 saturated carbocycles. The first kappa shape index (κ1) is 12.8. The highest BCUT2D eigenvalue weighted by atomic mass is 35.5. The maximum Gasteiger partial charge on any atom is 0.123 e. The van der Waals surface area contributed by atoms with Gasteiger partial charge in [0.25, 0.3) is 0 Å². The van der Waals surface area contributed by atoms with E-state index in [1.165, 1.54) is 12.1 Å². The van der Waals surface area contributed by atoms with Crippen molar-refractivity contribution in [1.82, 2.24) is 0 Å². The molecule has 2 nitrogen and oxygen atoms in total. The zero-order valence-electron chi connectivity index (χ0n) is 9.28. The van der Waals surface area contributed by atoms with Gasteiger partial charge in [-0.1, -0.05) is 23.8 Å². The lowest BCUT2D eigenvalue weighted by molar-refractivity contribution is 0.628. The van der Waals surface area contributed by atoms with Gasteiger partial charge >= 0.3 is 0 Å². The van der Waals surface area contributed by atoms with Crippen molar-refractivity contribution in [3.05, 3.63) is 58.9 Å². The Kier molecular flexibility index (Phi) is 3.79. The second-order valence-electron chi connectivity index (χ2n) is 3.69. The number of hydrogen-bond acceptors (Lipinski definition) is 2. The Hall–Kier alpha value is -1.65. The maximum absolute atomic E-state index is 12.8. The van der Waals surface area contributed by atoms with Gasteiger partial charge in [0, 0.05) is 22.0 Å². The summed E-state index contributed by atoms with van der Waals surface area (Å²) < 4.78 is 12.8. The topological polar surface area (TPSA) is 38.0 Å². The van der Waals surface area contributed by atoms with E-state index >= 15 is 0 Å². The van der Waals surface area contributed by atoms with Crippen LogP contribution in [-0.2, 0) is 0 Å². The molecule has 5 heteroatoms. The minimum Gasteiger partial charge on any atom is -0.389 e. The van der Waals surface area contributed by atoms with Crippen LogP contribution in [0.5, 0.6) is 0 Å². The molecule has 92 valence electrons. The van der Waals surface area contributed by atoms with E-state index in [2.05, 4.69) is 5.32 Å². The van der Waals surface area contributed by atoms with Crippen LogP contribution in [0.2, 0.25) is 5.02 Å². The highest BCUT2D eigenvalue weighted by molar-refractivity contribution is 7.80. The fraction of sp³-hybridized carbons (Fsp3) is 0. The third-order valence-electron chi connectivity index (χ3n) is 2.37. The Morgan fingerprint density at radius 1 is 1.17 bits per heavy atom. The van der Waals surface area contributed by atoms with E-state index in [0.29, 0.717) is 10.6 Å². The third kappa shape index (κ3) is 2.97. The number of nitrogens with one attached hydrogen (secondary N) is 1. The van der Waals surface area contributed by atoms with Crippen LogP contribution in [0.1, 0.15) is 5.56 Å². The van der Waals surface area contributed by atoms with Gasteiger partial charge in [-0.3, -0.25) is 0 Å². The SMILES string of the molecule is NC(=S)c1cc(Cl)ccc1Nc1ccc(F)cc1. The number of rotatable bonds is 3. The van der Waals surface area contributed by atoms with Gasteiger partial charge in [0.15, 0.2) is 0 Å². The maximum atomic E-state index is 12.8. The molecule has 18 heavy (non-hydrogen) atoms. The van der Waals surface area contributed by atoms with Gasteiger partial charge in [-0.2, -0.15) is 0 Å². The summed E-state index contributed by atoms with van der Waals surface area (Å²) in [6.45, 7) is 0. The van der Waals surface area contributed by atoms with Gasteiger partial charge in [-0.05, 0) is 42.5 Å². The Labute approximate surface area is 115 Å². The predicted octanol–water partition coefficient (Wildman–Crippen LogP) is 3.86. The summed E-state index contributed by atoms with van der Waals surface area (Å²) in [5.41, 5.74) is 7.77. The van der Waals surface area contributed by atoms with Crippen LogP contribution in [0.4, 0.5) is 15.8 Å². The minimum absolute atomic E-state index is 0.252. The van der Waals surface area contributed by atoms with Gasteiger partial charge in [0.05, 0.1) is 0 Å². The second kappa shape index (κ2) is 5.33. The molecule has 0 radical (unpaired) electrons. The summed E-state index contributed by atoms with van der Waals surface area (Å²) in [6.07, 6.45) is 0. The molecule has 2 aromatic rings. The van der Waals surface area contributed by atoms with Crippen LogP contribution in [0.15, 0.2) is 42.5 Å². The van der Waals surface area contributed by atoms with Crippen molar-refractivity contribution >= 4 is 40.2 Å². The molecule has 3 N–H and O–H groups in total.